The molecule has 0 atom stereocenters. The Labute approximate surface area is 127 Å². The van der Waals surface area contributed by atoms with E-state index in [-0.39, 0.29) is 0 Å². The highest BCUT2D eigenvalue weighted by Gasteiger charge is 2.26. The third-order valence-corrected chi connectivity index (χ3v) is 4.70. The largest absolute Gasteiger partial charge is 0.383 e. The fourth-order valence-corrected chi connectivity index (χ4v) is 3.44. The molecule has 0 radical (unpaired) electrons. The monoisotopic (exact) mass is 331 g/mol. The molecule has 4 heteroatoms. The zero-order valence-corrected chi connectivity index (χ0v) is 13.3. The van der Waals surface area contributed by atoms with Gasteiger partial charge in [-0.15, -0.1) is 0 Å². The number of aromatic nitrogens is 2. The molecule has 0 bridgehead atoms. The molecule has 3 nitrogen and oxygen atoms in total. The van der Waals surface area contributed by atoms with Crippen molar-refractivity contribution in [2.45, 2.75) is 38.5 Å². The number of hydrogen-bond acceptors (Lipinski definition) is 3. The minimum Gasteiger partial charge on any atom is -0.383 e. The van der Waals surface area contributed by atoms with Crippen LogP contribution in [-0.2, 0) is 12.8 Å². The minimum atomic E-state index is 0.331. The van der Waals surface area contributed by atoms with Crippen LogP contribution in [0.5, 0.6) is 0 Å². The first-order valence-corrected chi connectivity index (χ1v) is 7.75. The van der Waals surface area contributed by atoms with Gasteiger partial charge in [0, 0.05) is 5.92 Å². The summed E-state index contributed by atoms with van der Waals surface area (Å²) in [6.07, 6.45) is 2.02. The number of nitrogen functional groups attached to an aromatic ring is 1. The molecule has 0 spiro atoms. The fraction of sp³-hybridized carbons (Fsp3) is 0.375. The molecule has 0 saturated heterocycles. The van der Waals surface area contributed by atoms with Crippen molar-refractivity contribution in [1.82, 2.24) is 9.97 Å². The van der Waals surface area contributed by atoms with Gasteiger partial charge in [-0.2, -0.15) is 0 Å². The molecule has 0 saturated carbocycles. The van der Waals surface area contributed by atoms with Crippen LogP contribution in [0.3, 0.4) is 0 Å². The number of nitrogens with two attached hydrogens (primary N) is 1. The van der Waals surface area contributed by atoms with Crippen LogP contribution < -0.4 is 5.73 Å². The summed E-state index contributed by atoms with van der Waals surface area (Å²) in [5, 5.41) is 0. The van der Waals surface area contributed by atoms with Crippen molar-refractivity contribution in [2.24, 2.45) is 0 Å². The molecule has 0 fully saturated rings. The van der Waals surface area contributed by atoms with Crippen molar-refractivity contribution in [3.05, 3.63) is 51.4 Å². The number of halogens is 1. The second kappa shape index (κ2) is 5.17. The van der Waals surface area contributed by atoms with Gasteiger partial charge in [0.1, 0.15) is 11.6 Å². The van der Waals surface area contributed by atoms with Crippen molar-refractivity contribution in [3.8, 4) is 0 Å². The number of nitrogens with zero attached hydrogens (tertiary/aromatic N) is 2. The highest BCUT2D eigenvalue weighted by atomic mass is 79.9. The summed E-state index contributed by atoms with van der Waals surface area (Å²) in [5.41, 5.74) is 9.86. The summed E-state index contributed by atoms with van der Waals surface area (Å²) in [6.45, 7) is 4.25. The van der Waals surface area contributed by atoms with Crippen LogP contribution in [0, 0.1) is 0 Å². The van der Waals surface area contributed by atoms with Crippen LogP contribution in [0.1, 0.15) is 48.3 Å². The van der Waals surface area contributed by atoms with Gasteiger partial charge < -0.3 is 5.73 Å². The maximum atomic E-state index is 6.03. The fourth-order valence-electron chi connectivity index (χ4n) is 2.81. The molecule has 3 rings (SSSR count). The van der Waals surface area contributed by atoms with E-state index in [2.05, 4.69) is 59.0 Å². The third kappa shape index (κ3) is 2.33. The molecule has 0 unspecified atom stereocenters. The summed E-state index contributed by atoms with van der Waals surface area (Å²) in [7, 11) is 0. The predicted molar refractivity (Wildman–Crippen MR) is 84.8 cm³/mol. The molecular formula is C16H18BrN3. The van der Waals surface area contributed by atoms with Crippen molar-refractivity contribution >= 4 is 21.7 Å². The number of benzene rings is 1. The van der Waals surface area contributed by atoms with E-state index in [1.54, 1.807) is 0 Å². The average molecular weight is 332 g/mol. The zero-order valence-electron chi connectivity index (χ0n) is 11.7. The summed E-state index contributed by atoms with van der Waals surface area (Å²) < 4.78 is 0.840. The van der Waals surface area contributed by atoms with Crippen LogP contribution in [0.2, 0.25) is 0 Å². The predicted octanol–water partition coefficient (Wildman–Crippen LogP) is 3.83. The molecule has 2 N–H and O–H groups in total. The van der Waals surface area contributed by atoms with Gasteiger partial charge in [0.25, 0.3) is 0 Å². The Morgan fingerprint density at radius 3 is 2.30 bits per heavy atom. The molecule has 1 aromatic heterocycles. The molecule has 0 aliphatic heterocycles. The van der Waals surface area contributed by atoms with E-state index in [0.29, 0.717) is 17.7 Å². The Balaban J connectivity index is 1.97. The smallest absolute Gasteiger partial charge is 0.141 e. The lowest BCUT2D eigenvalue weighted by Gasteiger charge is -2.14. The molecule has 1 aliphatic carbocycles. The van der Waals surface area contributed by atoms with E-state index in [1.165, 1.54) is 11.1 Å². The maximum absolute atomic E-state index is 6.03. The first kappa shape index (κ1) is 13.6. The van der Waals surface area contributed by atoms with Gasteiger partial charge in [0.05, 0.1) is 10.2 Å². The van der Waals surface area contributed by atoms with Crippen LogP contribution >= 0.6 is 15.9 Å². The summed E-state index contributed by atoms with van der Waals surface area (Å²) >= 11 is 3.50. The highest BCUT2D eigenvalue weighted by molar-refractivity contribution is 9.10. The third-order valence-electron chi connectivity index (χ3n) is 3.88. The van der Waals surface area contributed by atoms with Gasteiger partial charge in [-0.25, -0.2) is 9.97 Å². The Morgan fingerprint density at radius 2 is 1.75 bits per heavy atom. The minimum absolute atomic E-state index is 0.331. The van der Waals surface area contributed by atoms with E-state index in [9.17, 15) is 0 Å². The Hall–Kier alpha value is -1.42. The molecule has 104 valence electrons. The Kier molecular flexibility index (Phi) is 3.50. The molecule has 1 aliphatic rings. The zero-order chi connectivity index (χ0) is 14.3. The molecule has 1 heterocycles. The van der Waals surface area contributed by atoms with E-state index in [0.717, 1.165) is 28.8 Å². The van der Waals surface area contributed by atoms with Crippen LogP contribution in [0.15, 0.2) is 28.7 Å². The van der Waals surface area contributed by atoms with Crippen molar-refractivity contribution in [1.29, 1.82) is 0 Å². The molecule has 2 aromatic rings. The van der Waals surface area contributed by atoms with Crippen LogP contribution in [0.25, 0.3) is 0 Å². The lowest BCUT2D eigenvalue weighted by atomic mass is 10.0. The highest BCUT2D eigenvalue weighted by Crippen LogP contribution is 2.35. The second-order valence-corrected chi connectivity index (χ2v) is 6.49. The number of fused-ring (bicyclic) bond motifs is 1. The van der Waals surface area contributed by atoms with E-state index in [4.69, 9.17) is 10.7 Å². The van der Waals surface area contributed by atoms with Crippen molar-refractivity contribution in [2.75, 3.05) is 5.73 Å². The van der Waals surface area contributed by atoms with Crippen molar-refractivity contribution in [3.63, 3.8) is 0 Å². The standard InChI is InChI=1S/C16H18BrN3/c1-9(2)14-13(17)15(18)20-16(19-14)12-7-10-5-3-4-6-11(10)8-12/h3-6,9,12H,7-8H2,1-2H3,(H2,18,19,20). The van der Waals surface area contributed by atoms with Gasteiger partial charge in [-0.3, -0.25) is 0 Å². The van der Waals surface area contributed by atoms with Gasteiger partial charge in [-0.05, 0) is 45.8 Å². The lowest BCUT2D eigenvalue weighted by Crippen LogP contribution is -2.11. The van der Waals surface area contributed by atoms with Gasteiger partial charge >= 0.3 is 0 Å². The normalized spacial score (nSPS) is 14.8. The van der Waals surface area contributed by atoms with E-state index in [1.807, 2.05) is 0 Å². The topological polar surface area (TPSA) is 51.8 Å². The quantitative estimate of drug-likeness (QED) is 0.909. The molecule has 0 amide bonds. The number of anilines is 1. The molecular weight excluding hydrogens is 314 g/mol. The second-order valence-electron chi connectivity index (χ2n) is 5.69. The Bertz CT molecular complexity index is 627. The maximum Gasteiger partial charge on any atom is 0.141 e. The average Bonchev–Trinajstić information content (AvgIpc) is 2.85. The summed E-state index contributed by atoms with van der Waals surface area (Å²) in [5.74, 6) is 2.11. The first-order valence-electron chi connectivity index (χ1n) is 6.96. The van der Waals surface area contributed by atoms with Crippen molar-refractivity contribution < 1.29 is 0 Å². The summed E-state index contributed by atoms with van der Waals surface area (Å²) in [4.78, 5) is 9.26. The molecule has 20 heavy (non-hydrogen) atoms. The number of rotatable bonds is 2. The van der Waals surface area contributed by atoms with E-state index < -0.39 is 0 Å². The SMILES string of the molecule is CC(C)c1nc(C2Cc3ccccc3C2)nc(N)c1Br. The number of hydrogen-bond donors (Lipinski definition) is 1. The lowest BCUT2D eigenvalue weighted by molar-refractivity contribution is 0.664. The van der Waals surface area contributed by atoms with E-state index >= 15 is 0 Å². The van der Waals surface area contributed by atoms with Gasteiger partial charge in [0.2, 0.25) is 0 Å². The Morgan fingerprint density at radius 1 is 1.15 bits per heavy atom. The van der Waals surface area contributed by atoms with Gasteiger partial charge in [0.15, 0.2) is 0 Å². The van der Waals surface area contributed by atoms with Crippen LogP contribution in [-0.4, -0.2) is 9.97 Å². The van der Waals surface area contributed by atoms with Crippen LogP contribution in [0.4, 0.5) is 5.82 Å². The summed E-state index contributed by atoms with van der Waals surface area (Å²) in [6, 6.07) is 8.58. The first-order chi connectivity index (χ1) is 9.56. The van der Waals surface area contributed by atoms with Gasteiger partial charge in [-0.1, -0.05) is 38.1 Å². The molecule has 1 aromatic carbocycles.